The van der Waals surface area contributed by atoms with Crippen molar-refractivity contribution >= 4 is 11.3 Å². The fourth-order valence-corrected chi connectivity index (χ4v) is 2.73. The van der Waals surface area contributed by atoms with Gasteiger partial charge in [0, 0.05) is 23.1 Å². The molecule has 0 saturated carbocycles. The van der Waals surface area contributed by atoms with Crippen LogP contribution in [0.15, 0.2) is 28.2 Å². The van der Waals surface area contributed by atoms with Crippen molar-refractivity contribution in [2.24, 2.45) is 0 Å². The van der Waals surface area contributed by atoms with Crippen LogP contribution in [0, 0.1) is 5.38 Å². The molecule has 1 aliphatic rings. The van der Waals surface area contributed by atoms with Crippen molar-refractivity contribution < 1.29 is 9.15 Å². The van der Waals surface area contributed by atoms with Crippen LogP contribution in [0.3, 0.4) is 0 Å². The van der Waals surface area contributed by atoms with E-state index in [1.54, 1.807) is 17.6 Å². The monoisotopic (exact) mass is 219 g/mol. The second-order valence-corrected chi connectivity index (χ2v) is 4.32. The number of ether oxygens (including phenoxy) is 1. The quantitative estimate of drug-likeness (QED) is 0.769. The van der Waals surface area contributed by atoms with E-state index in [2.05, 4.69) is 10.8 Å². The van der Waals surface area contributed by atoms with Gasteiger partial charge in [0.05, 0.1) is 17.7 Å². The van der Waals surface area contributed by atoms with Crippen LogP contribution in [0.25, 0.3) is 11.3 Å². The number of hydrogen-bond donors (Lipinski definition) is 0. The smallest absolute Gasteiger partial charge is 0.135 e. The van der Waals surface area contributed by atoms with Crippen molar-refractivity contribution in [2.45, 2.75) is 18.9 Å². The minimum absolute atomic E-state index is 0.219. The van der Waals surface area contributed by atoms with Crippen LogP contribution in [-0.2, 0) is 4.74 Å². The molecule has 3 heterocycles. The number of hydrogen-bond acceptors (Lipinski definition) is 3. The predicted octanol–water partition coefficient (Wildman–Crippen LogP) is 3.66. The first kappa shape index (κ1) is 9.19. The number of rotatable bonds is 2. The summed E-state index contributed by atoms with van der Waals surface area (Å²) in [5, 5.41) is 5.37. The molecule has 1 radical (unpaired) electrons. The van der Waals surface area contributed by atoms with Gasteiger partial charge in [-0.05, 0) is 25.0 Å². The molecule has 1 fully saturated rings. The molecule has 0 aliphatic carbocycles. The molecule has 1 aliphatic heterocycles. The van der Waals surface area contributed by atoms with Crippen LogP contribution in [0.2, 0.25) is 0 Å². The Bertz CT molecular complexity index is 424. The van der Waals surface area contributed by atoms with Crippen molar-refractivity contribution in [2.75, 3.05) is 6.61 Å². The van der Waals surface area contributed by atoms with E-state index < -0.39 is 0 Å². The van der Waals surface area contributed by atoms with Gasteiger partial charge < -0.3 is 9.15 Å². The van der Waals surface area contributed by atoms with Crippen LogP contribution in [-0.4, -0.2) is 6.61 Å². The minimum atomic E-state index is 0.219. The van der Waals surface area contributed by atoms with E-state index >= 15 is 0 Å². The second-order valence-electron chi connectivity index (χ2n) is 3.64. The van der Waals surface area contributed by atoms with Gasteiger partial charge in [-0.2, -0.15) is 0 Å². The SMILES string of the molecule is [c]1scc(-c2ccco2)c1C1CCCO1. The zero-order valence-electron chi connectivity index (χ0n) is 8.23. The Labute approximate surface area is 92.5 Å². The lowest BCUT2D eigenvalue weighted by molar-refractivity contribution is 0.112. The average molecular weight is 219 g/mol. The van der Waals surface area contributed by atoms with Crippen LogP contribution >= 0.6 is 11.3 Å². The van der Waals surface area contributed by atoms with E-state index in [4.69, 9.17) is 9.15 Å². The molecule has 2 aromatic rings. The van der Waals surface area contributed by atoms with Gasteiger partial charge >= 0.3 is 0 Å². The highest BCUT2D eigenvalue weighted by Crippen LogP contribution is 2.37. The van der Waals surface area contributed by atoms with Crippen molar-refractivity contribution in [3.8, 4) is 11.3 Å². The molecule has 0 amide bonds. The Balaban J connectivity index is 1.98. The molecular weight excluding hydrogens is 208 g/mol. The summed E-state index contributed by atoms with van der Waals surface area (Å²) in [6, 6.07) is 3.89. The summed E-state index contributed by atoms with van der Waals surface area (Å²) in [6.07, 6.45) is 4.16. The molecule has 77 valence electrons. The maximum absolute atomic E-state index is 5.67. The molecule has 0 bridgehead atoms. The van der Waals surface area contributed by atoms with Crippen LogP contribution in [0.5, 0.6) is 0 Å². The highest BCUT2D eigenvalue weighted by molar-refractivity contribution is 7.08. The average Bonchev–Trinajstić information content (AvgIpc) is 3.01. The Kier molecular flexibility index (Phi) is 2.35. The third kappa shape index (κ3) is 1.62. The van der Waals surface area contributed by atoms with Crippen LogP contribution in [0.1, 0.15) is 24.5 Å². The first-order valence-electron chi connectivity index (χ1n) is 5.09. The molecule has 0 spiro atoms. The van der Waals surface area contributed by atoms with E-state index in [-0.39, 0.29) is 6.10 Å². The number of furan rings is 1. The standard InChI is InChI=1S/C12H11O2S/c1-3-11(13-5-1)9-7-15-8-10(9)12-4-2-6-14-12/h1,3,5,7,12H,2,4,6H2. The van der Waals surface area contributed by atoms with Gasteiger partial charge in [0.2, 0.25) is 0 Å². The summed E-state index contributed by atoms with van der Waals surface area (Å²) in [5.74, 6) is 0.915. The van der Waals surface area contributed by atoms with Crippen molar-refractivity contribution in [1.29, 1.82) is 0 Å². The van der Waals surface area contributed by atoms with Crippen molar-refractivity contribution in [1.82, 2.24) is 0 Å². The molecule has 2 aromatic heterocycles. The Morgan fingerprint density at radius 1 is 1.47 bits per heavy atom. The lowest BCUT2D eigenvalue weighted by Crippen LogP contribution is -1.95. The maximum Gasteiger partial charge on any atom is 0.135 e. The fourth-order valence-electron chi connectivity index (χ4n) is 1.94. The lowest BCUT2D eigenvalue weighted by Gasteiger charge is -2.08. The van der Waals surface area contributed by atoms with Crippen molar-refractivity contribution in [3.05, 3.63) is 34.7 Å². The normalized spacial score (nSPS) is 20.9. The molecule has 1 atom stereocenters. The molecule has 0 aromatic carbocycles. The lowest BCUT2D eigenvalue weighted by atomic mass is 10.0. The second kappa shape index (κ2) is 3.83. The van der Waals surface area contributed by atoms with E-state index in [1.165, 1.54) is 0 Å². The summed E-state index contributed by atoms with van der Waals surface area (Å²) >= 11 is 1.59. The summed E-state index contributed by atoms with van der Waals surface area (Å²) < 4.78 is 11.1. The van der Waals surface area contributed by atoms with Gasteiger partial charge in [-0.25, -0.2) is 0 Å². The first-order chi connectivity index (χ1) is 7.45. The largest absolute Gasteiger partial charge is 0.464 e. The molecule has 1 unspecified atom stereocenters. The van der Waals surface area contributed by atoms with Gasteiger partial charge in [-0.15, -0.1) is 11.3 Å². The first-order valence-corrected chi connectivity index (χ1v) is 5.97. The number of thiophene rings is 1. The minimum Gasteiger partial charge on any atom is -0.464 e. The van der Waals surface area contributed by atoms with Gasteiger partial charge in [0.1, 0.15) is 5.76 Å². The highest BCUT2D eigenvalue weighted by atomic mass is 32.1. The zero-order chi connectivity index (χ0) is 10.1. The summed E-state index contributed by atoms with van der Waals surface area (Å²) in [5.41, 5.74) is 2.30. The van der Waals surface area contributed by atoms with E-state index in [9.17, 15) is 0 Å². The molecule has 1 saturated heterocycles. The molecule has 15 heavy (non-hydrogen) atoms. The Hall–Kier alpha value is -1.06. The zero-order valence-corrected chi connectivity index (χ0v) is 9.05. The molecule has 3 rings (SSSR count). The van der Waals surface area contributed by atoms with Gasteiger partial charge in [-0.1, -0.05) is 0 Å². The van der Waals surface area contributed by atoms with E-state index in [0.717, 1.165) is 36.3 Å². The molecule has 2 nitrogen and oxygen atoms in total. The Morgan fingerprint density at radius 3 is 3.20 bits per heavy atom. The third-order valence-electron chi connectivity index (χ3n) is 2.67. The van der Waals surface area contributed by atoms with Crippen LogP contribution < -0.4 is 0 Å². The molecular formula is C12H11O2S. The van der Waals surface area contributed by atoms with Gasteiger partial charge in [0.15, 0.2) is 0 Å². The predicted molar refractivity (Wildman–Crippen MR) is 58.8 cm³/mol. The Morgan fingerprint density at radius 2 is 2.47 bits per heavy atom. The van der Waals surface area contributed by atoms with Crippen molar-refractivity contribution in [3.63, 3.8) is 0 Å². The topological polar surface area (TPSA) is 22.4 Å². The van der Waals surface area contributed by atoms with E-state index in [0.29, 0.717) is 0 Å². The van der Waals surface area contributed by atoms with Gasteiger partial charge in [0.25, 0.3) is 0 Å². The summed E-state index contributed by atoms with van der Waals surface area (Å²) in [4.78, 5) is 0. The summed E-state index contributed by atoms with van der Waals surface area (Å²) in [7, 11) is 0. The third-order valence-corrected chi connectivity index (χ3v) is 3.37. The van der Waals surface area contributed by atoms with E-state index in [1.807, 2.05) is 12.1 Å². The fraction of sp³-hybridized carbons (Fsp3) is 0.333. The maximum atomic E-state index is 5.67. The highest BCUT2D eigenvalue weighted by Gasteiger charge is 2.22. The molecule has 0 N–H and O–H groups in total. The summed E-state index contributed by atoms with van der Waals surface area (Å²) in [6.45, 7) is 0.867. The van der Waals surface area contributed by atoms with Gasteiger partial charge in [-0.3, -0.25) is 0 Å². The van der Waals surface area contributed by atoms with Crippen LogP contribution in [0.4, 0.5) is 0 Å². The molecule has 3 heteroatoms.